The molecule has 1 heterocycles. The zero-order valence-electron chi connectivity index (χ0n) is 11.4. The summed E-state index contributed by atoms with van der Waals surface area (Å²) in [7, 11) is 3.77. The largest absolute Gasteiger partial charge is 0.363 e. The summed E-state index contributed by atoms with van der Waals surface area (Å²) in [5, 5.41) is 3.50. The van der Waals surface area contributed by atoms with Crippen molar-refractivity contribution in [2.75, 3.05) is 19.0 Å². The molecule has 1 aromatic heterocycles. The third-order valence-corrected chi connectivity index (χ3v) is 3.23. The first-order chi connectivity index (χ1) is 9.58. The molecule has 0 saturated carbocycles. The Bertz CT molecular complexity index is 614. The topological polar surface area (TPSA) is 45.2 Å². The van der Waals surface area contributed by atoms with Crippen LogP contribution in [0.5, 0.6) is 0 Å². The zero-order chi connectivity index (χ0) is 14.5. The van der Waals surface area contributed by atoms with Crippen LogP contribution >= 0.6 is 11.6 Å². The molecule has 20 heavy (non-hydrogen) atoms. The lowest BCUT2D eigenvalue weighted by atomic mass is 10.2. The highest BCUT2D eigenvalue weighted by molar-refractivity contribution is 6.31. The Labute approximate surface area is 123 Å². The molecule has 0 aliphatic carbocycles. The maximum atomic E-state index is 12.1. The first-order valence-electron chi connectivity index (χ1n) is 6.23. The molecule has 1 N–H and O–H groups in total. The molecular weight excluding hydrogens is 274 g/mol. The Morgan fingerprint density at radius 3 is 2.75 bits per heavy atom. The van der Waals surface area contributed by atoms with Gasteiger partial charge in [-0.05, 0) is 23.8 Å². The van der Waals surface area contributed by atoms with E-state index in [1.54, 1.807) is 24.4 Å². The highest BCUT2D eigenvalue weighted by Crippen LogP contribution is 2.15. The number of carbonyl (C=O) groups is 1. The minimum absolute atomic E-state index is 0.143. The van der Waals surface area contributed by atoms with Gasteiger partial charge < -0.3 is 10.2 Å². The summed E-state index contributed by atoms with van der Waals surface area (Å²) >= 11 is 6.05. The van der Waals surface area contributed by atoms with E-state index in [2.05, 4.69) is 10.3 Å². The Kier molecular flexibility index (Phi) is 4.58. The monoisotopic (exact) mass is 289 g/mol. The fourth-order valence-corrected chi connectivity index (χ4v) is 1.93. The highest BCUT2D eigenvalue weighted by atomic mass is 35.5. The number of anilines is 1. The standard InChI is InChI=1S/C15H16ClN3O/c1-19(2)14-9-11(7-8-17-14)15(20)18-10-12-5-3-4-6-13(12)16/h3-9H,10H2,1-2H3,(H,18,20). The highest BCUT2D eigenvalue weighted by Gasteiger charge is 2.08. The van der Waals surface area contributed by atoms with Gasteiger partial charge in [-0.1, -0.05) is 29.8 Å². The smallest absolute Gasteiger partial charge is 0.251 e. The predicted molar refractivity (Wildman–Crippen MR) is 81.2 cm³/mol. The molecule has 0 bridgehead atoms. The first-order valence-corrected chi connectivity index (χ1v) is 6.60. The van der Waals surface area contributed by atoms with Gasteiger partial charge in [-0.15, -0.1) is 0 Å². The number of halogens is 1. The van der Waals surface area contributed by atoms with Gasteiger partial charge in [-0.25, -0.2) is 4.98 Å². The third kappa shape index (κ3) is 3.48. The first kappa shape index (κ1) is 14.3. The van der Waals surface area contributed by atoms with Crippen molar-refractivity contribution in [1.82, 2.24) is 10.3 Å². The van der Waals surface area contributed by atoms with E-state index in [9.17, 15) is 4.79 Å². The van der Waals surface area contributed by atoms with Crippen molar-refractivity contribution in [3.8, 4) is 0 Å². The maximum Gasteiger partial charge on any atom is 0.251 e. The van der Waals surface area contributed by atoms with Crippen molar-refractivity contribution in [1.29, 1.82) is 0 Å². The van der Waals surface area contributed by atoms with Crippen LogP contribution in [0.3, 0.4) is 0 Å². The van der Waals surface area contributed by atoms with Gasteiger partial charge in [0, 0.05) is 37.4 Å². The van der Waals surface area contributed by atoms with Crippen molar-refractivity contribution in [2.24, 2.45) is 0 Å². The number of benzene rings is 1. The van der Waals surface area contributed by atoms with Crippen molar-refractivity contribution < 1.29 is 4.79 Å². The number of nitrogens with one attached hydrogen (secondary N) is 1. The summed E-state index contributed by atoms with van der Waals surface area (Å²) < 4.78 is 0. The molecule has 104 valence electrons. The van der Waals surface area contributed by atoms with E-state index in [1.165, 1.54) is 0 Å². The minimum Gasteiger partial charge on any atom is -0.363 e. The lowest BCUT2D eigenvalue weighted by molar-refractivity contribution is 0.0951. The lowest BCUT2D eigenvalue weighted by Crippen LogP contribution is -2.23. The molecule has 2 aromatic rings. The third-order valence-electron chi connectivity index (χ3n) is 2.86. The van der Waals surface area contributed by atoms with Crippen LogP contribution in [0.1, 0.15) is 15.9 Å². The zero-order valence-corrected chi connectivity index (χ0v) is 12.2. The summed E-state index contributed by atoms with van der Waals surface area (Å²) in [6.07, 6.45) is 1.62. The average molecular weight is 290 g/mol. The van der Waals surface area contributed by atoms with Gasteiger partial charge in [0.15, 0.2) is 0 Å². The lowest BCUT2D eigenvalue weighted by Gasteiger charge is -2.12. The number of hydrogen-bond donors (Lipinski definition) is 1. The Morgan fingerprint density at radius 1 is 1.30 bits per heavy atom. The Hall–Kier alpha value is -2.07. The van der Waals surface area contributed by atoms with Crippen molar-refractivity contribution >= 4 is 23.3 Å². The van der Waals surface area contributed by atoms with Crippen LogP contribution in [0.2, 0.25) is 5.02 Å². The number of rotatable bonds is 4. The van der Waals surface area contributed by atoms with E-state index in [0.29, 0.717) is 17.1 Å². The number of pyridine rings is 1. The van der Waals surface area contributed by atoms with Gasteiger partial charge in [-0.2, -0.15) is 0 Å². The van der Waals surface area contributed by atoms with Crippen LogP contribution in [0, 0.1) is 0 Å². The van der Waals surface area contributed by atoms with Gasteiger partial charge in [0.1, 0.15) is 5.82 Å². The van der Waals surface area contributed by atoms with Crippen LogP contribution in [0.15, 0.2) is 42.6 Å². The Morgan fingerprint density at radius 2 is 2.05 bits per heavy atom. The number of carbonyl (C=O) groups excluding carboxylic acids is 1. The van der Waals surface area contributed by atoms with Gasteiger partial charge >= 0.3 is 0 Å². The fourth-order valence-electron chi connectivity index (χ4n) is 1.72. The average Bonchev–Trinajstić information content (AvgIpc) is 2.46. The Balaban J connectivity index is 2.05. The van der Waals surface area contributed by atoms with Crippen molar-refractivity contribution in [3.63, 3.8) is 0 Å². The van der Waals surface area contributed by atoms with Crippen LogP contribution in [-0.2, 0) is 6.54 Å². The second-order valence-electron chi connectivity index (χ2n) is 4.57. The fraction of sp³-hybridized carbons (Fsp3) is 0.200. The summed E-state index contributed by atoms with van der Waals surface area (Å²) in [6, 6.07) is 10.9. The van der Waals surface area contributed by atoms with E-state index >= 15 is 0 Å². The van der Waals surface area contributed by atoms with E-state index in [0.717, 1.165) is 11.4 Å². The molecule has 1 aromatic carbocycles. The molecule has 0 atom stereocenters. The van der Waals surface area contributed by atoms with Crippen LogP contribution in [0.4, 0.5) is 5.82 Å². The second kappa shape index (κ2) is 6.39. The molecular formula is C15H16ClN3O. The predicted octanol–water partition coefficient (Wildman–Crippen LogP) is 2.73. The quantitative estimate of drug-likeness (QED) is 0.941. The van der Waals surface area contributed by atoms with Gasteiger partial charge in [-0.3, -0.25) is 4.79 Å². The summed E-state index contributed by atoms with van der Waals surface area (Å²) in [4.78, 5) is 18.1. The van der Waals surface area contributed by atoms with Crippen molar-refractivity contribution in [3.05, 3.63) is 58.7 Å². The minimum atomic E-state index is -0.143. The number of amides is 1. The summed E-state index contributed by atoms with van der Waals surface area (Å²) in [6.45, 7) is 0.401. The van der Waals surface area contributed by atoms with Crippen LogP contribution in [0.25, 0.3) is 0 Å². The van der Waals surface area contributed by atoms with Crippen LogP contribution < -0.4 is 10.2 Å². The molecule has 4 nitrogen and oxygen atoms in total. The number of hydrogen-bond acceptors (Lipinski definition) is 3. The molecule has 2 rings (SSSR count). The normalized spacial score (nSPS) is 10.2. The van der Waals surface area contributed by atoms with Gasteiger partial charge in [0.05, 0.1) is 0 Å². The molecule has 1 amide bonds. The molecule has 0 spiro atoms. The molecule has 0 unspecified atom stereocenters. The molecule has 0 aliphatic rings. The van der Waals surface area contributed by atoms with Crippen LogP contribution in [-0.4, -0.2) is 25.0 Å². The number of nitrogens with zero attached hydrogens (tertiary/aromatic N) is 2. The molecule has 0 radical (unpaired) electrons. The summed E-state index contributed by atoms with van der Waals surface area (Å²) in [5.41, 5.74) is 1.47. The second-order valence-corrected chi connectivity index (χ2v) is 4.98. The number of aromatic nitrogens is 1. The van der Waals surface area contributed by atoms with E-state index in [4.69, 9.17) is 11.6 Å². The van der Waals surface area contributed by atoms with E-state index in [1.807, 2.05) is 37.2 Å². The van der Waals surface area contributed by atoms with Gasteiger partial charge in [0.2, 0.25) is 0 Å². The SMILES string of the molecule is CN(C)c1cc(C(=O)NCc2ccccc2Cl)ccn1. The molecule has 0 fully saturated rings. The van der Waals surface area contributed by atoms with E-state index in [-0.39, 0.29) is 5.91 Å². The maximum absolute atomic E-state index is 12.1. The van der Waals surface area contributed by atoms with Crippen molar-refractivity contribution in [2.45, 2.75) is 6.54 Å². The molecule has 0 aliphatic heterocycles. The molecule has 0 saturated heterocycles. The van der Waals surface area contributed by atoms with Gasteiger partial charge in [0.25, 0.3) is 5.91 Å². The summed E-state index contributed by atoms with van der Waals surface area (Å²) in [5.74, 6) is 0.603. The van der Waals surface area contributed by atoms with E-state index < -0.39 is 0 Å². The molecule has 5 heteroatoms.